The number of hydrogen-bond acceptors (Lipinski definition) is 9. The molecule has 170 valence electrons. The molecule has 4 rings (SSSR count). The molecule has 1 N–H and O–H groups in total. The van der Waals surface area contributed by atoms with E-state index < -0.39 is 11.9 Å². The van der Waals surface area contributed by atoms with Crippen LogP contribution in [0.2, 0.25) is 10.0 Å². The van der Waals surface area contributed by atoms with E-state index in [-0.39, 0.29) is 11.4 Å². The summed E-state index contributed by atoms with van der Waals surface area (Å²) in [6, 6.07) is 9.32. The van der Waals surface area contributed by atoms with Crippen LogP contribution in [0.1, 0.15) is 20.7 Å². The highest BCUT2D eigenvalue weighted by Gasteiger charge is 2.17. The Hall–Kier alpha value is -3.90. The van der Waals surface area contributed by atoms with Crippen LogP contribution in [0.15, 0.2) is 36.4 Å². The molecule has 0 fully saturated rings. The third kappa shape index (κ3) is 5.67. The van der Waals surface area contributed by atoms with Crippen molar-refractivity contribution in [3.8, 4) is 22.8 Å². The molecule has 0 aliphatic heterocycles. The second-order valence-corrected chi connectivity index (χ2v) is 7.25. The van der Waals surface area contributed by atoms with Crippen molar-refractivity contribution in [1.29, 1.82) is 0 Å². The molecule has 12 nitrogen and oxygen atoms in total. The van der Waals surface area contributed by atoms with Crippen molar-refractivity contribution >= 4 is 35.1 Å². The number of rotatable bonds is 4. The molecule has 0 spiro atoms. The van der Waals surface area contributed by atoms with E-state index in [1.54, 1.807) is 38.4 Å². The summed E-state index contributed by atoms with van der Waals surface area (Å²) in [6.45, 7) is 0. The Kier molecular flexibility index (Phi) is 7.30. The number of hydrogen-bond donors (Lipinski definition) is 1. The van der Waals surface area contributed by atoms with Gasteiger partial charge in [0.2, 0.25) is 11.6 Å². The quantitative estimate of drug-likeness (QED) is 0.422. The molecule has 4 aromatic rings. The van der Waals surface area contributed by atoms with Crippen LogP contribution in [-0.2, 0) is 18.8 Å². The zero-order valence-corrected chi connectivity index (χ0v) is 19.0. The number of nitrogens with zero attached hydrogens (tertiary/aromatic N) is 8. The summed E-state index contributed by atoms with van der Waals surface area (Å²) in [5.74, 6) is -0.957. The Bertz CT molecular complexity index is 1320. The molecule has 33 heavy (non-hydrogen) atoms. The fourth-order valence-electron chi connectivity index (χ4n) is 2.66. The lowest BCUT2D eigenvalue weighted by Gasteiger charge is -2.04. The minimum absolute atomic E-state index is 0.0560. The number of ether oxygens (including phenoxy) is 1. The smallest absolute Gasteiger partial charge is 0.338 e. The van der Waals surface area contributed by atoms with Crippen molar-refractivity contribution in [2.24, 2.45) is 14.1 Å². The summed E-state index contributed by atoms with van der Waals surface area (Å²) in [5.41, 5.74) is 1.30. The van der Waals surface area contributed by atoms with Crippen molar-refractivity contribution in [3.05, 3.63) is 57.6 Å². The van der Waals surface area contributed by atoms with E-state index in [0.717, 1.165) is 0 Å². The van der Waals surface area contributed by atoms with Crippen LogP contribution in [0, 0.1) is 0 Å². The molecule has 0 saturated carbocycles. The first-order valence-electron chi connectivity index (χ1n) is 9.09. The maximum absolute atomic E-state index is 11.6. The van der Waals surface area contributed by atoms with Gasteiger partial charge >= 0.3 is 11.9 Å². The number of benzene rings is 2. The highest BCUT2D eigenvalue weighted by molar-refractivity contribution is 6.31. The van der Waals surface area contributed by atoms with E-state index in [2.05, 4.69) is 35.6 Å². The van der Waals surface area contributed by atoms with E-state index in [9.17, 15) is 9.59 Å². The fraction of sp³-hybridized carbons (Fsp3) is 0.158. The molecule has 0 amide bonds. The number of esters is 1. The molecule has 0 bridgehead atoms. The number of aromatic carboxylic acids is 1. The number of carboxylic acid groups (broad SMARTS) is 1. The normalized spacial score (nSPS) is 10.3. The molecule has 0 aliphatic rings. The van der Waals surface area contributed by atoms with Gasteiger partial charge in [0.05, 0.1) is 32.3 Å². The molecule has 0 saturated heterocycles. The molecule has 0 aliphatic carbocycles. The number of carbonyl (C=O) groups excluding carboxylic acids is 1. The van der Waals surface area contributed by atoms with Crippen LogP contribution in [0.3, 0.4) is 0 Å². The Morgan fingerprint density at radius 2 is 1.30 bits per heavy atom. The first-order valence-corrected chi connectivity index (χ1v) is 9.84. The minimum atomic E-state index is -1.08. The maximum atomic E-state index is 11.6. The van der Waals surface area contributed by atoms with Gasteiger partial charge in [0, 0.05) is 21.2 Å². The number of aryl methyl sites for hydroxylation is 2. The van der Waals surface area contributed by atoms with Crippen LogP contribution in [0.4, 0.5) is 0 Å². The van der Waals surface area contributed by atoms with Gasteiger partial charge in [-0.25, -0.2) is 9.59 Å². The molecule has 0 atom stereocenters. The summed E-state index contributed by atoms with van der Waals surface area (Å²) in [7, 11) is 4.55. The highest BCUT2D eigenvalue weighted by atomic mass is 35.5. The second-order valence-electron chi connectivity index (χ2n) is 6.38. The number of halogens is 2. The van der Waals surface area contributed by atoms with Crippen molar-refractivity contribution in [2.45, 2.75) is 0 Å². The summed E-state index contributed by atoms with van der Waals surface area (Å²) in [6.07, 6.45) is 0. The topological polar surface area (TPSA) is 151 Å². The third-order valence-electron chi connectivity index (χ3n) is 4.10. The average molecular weight is 491 g/mol. The van der Waals surface area contributed by atoms with Crippen LogP contribution in [0.5, 0.6) is 0 Å². The van der Waals surface area contributed by atoms with E-state index in [1.165, 1.54) is 28.8 Å². The van der Waals surface area contributed by atoms with Gasteiger partial charge in [-0.15, -0.1) is 20.4 Å². The van der Waals surface area contributed by atoms with E-state index in [4.69, 9.17) is 28.3 Å². The number of aromatic nitrogens is 8. The first kappa shape index (κ1) is 23.8. The molecule has 0 unspecified atom stereocenters. The van der Waals surface area contributed by atoms with Gasteiger partial charge < -0.3 is 9.84 Å². The van der Waals surface area contributed by atoms with Gasteiger partial charge in [-0.3, -0.25) is 0 Å². The van der Waals surface area contributed by atoms with Gasteiger partial charge in [0.15, 0.2) is 0 Å². The number of tetrazole rings is 2. The fourth-order valence-corrected chi connectivity index (χ4v) is 3.01. The van der Waals surface area contributed by atoms with Crippen molar-refractivity contribution in [1.82, 2.24) is 40.4 Å². The SMILES string of the molecule is COC(=O)c1cc(Cl)ccc1-c1nnn(C)n1.Cn1nnc(-c2ccc(Cl)cc2C(=O)O)n1. The van der Waals surface area contributed by atoms with Crippen LogP contribution < -0.4 is 0 Å². The van der Waals surface area contributed by atoms with Crippen molar-refractivity contribution < 1.29 is 19.4 Å². The molecular formula is C19H16Cl2N8O4. The van der Waals surface area contributed by atoms with Gasteiger partial charge in [-0.05, 0) is 46.8 Å². The predicted molar refractivity (Wildman–Crippen MR) is 117 cm³/mol. The number of carboxylic acids is 1. The standard InChI is InChI=1S/C10H9ClN4O2.C9H7ClN4O2/c1-15-13-9(12-14-15)7-4-3-6(11)5-8(7)10(16)17-2;1-14-12-8(11-13-14)6-3-2-5(10)4-7(6)9(15)16/h3-5H,1-2H3;2-4H,1H3,(H,15,16). The van der Waals surface area contributed by atoms with E-state index >= 15 is 0 Å². The Labute approximate surface area is 196 Å². The zero-order valence-electron chi connectivity index (χ0n) is 17.5. The molecule has 14 heteroatoms. The summed E-state index contributed by atoms with van der Waals surface area (Å²) >= 11 is 11.6. The van der Waals surface area contributed by atoms with Crippen LogP contribution in [0.25, 0.3) is 22.8 Å². The van der Waals surface area contributed by atoms with Crippen LogP contribution in [-0.4, -0.2) is 64.6 Å². The number of methoxy groups -OCH3 is 1. The lowest BCUT2D eigenvalue weighted by atomic mass is 10.1. The van der Waals surface area contributed by atoms with E-state index in [1.807, 2.05) is 0 Å². The summed E-state index contributed by atoms with van der Waals surface area (Å²) in [4.78, 5) is 25.2. The molecule has 0 radical (unpaired) electrons. The average Bonchev–Trinajstić information content (AvgIpc) is 3.41. The molecule has 2 heterocycles. The van der Waals surface area contributed by atoms with Gasteiger partial charge in [0.1, 0.15) is 0 Å². The maximum Gasteiger partial charge on any atom is 0.338 e. The highest BCUT2D eigenvalue weighted by Crippen LogP contribution is 2.24. The van der Waals surface area contributed by atoms with Crippen molar-refractivity contribution in [3.63, 3.8) is 0 Å². The van der Waals surface area contributed by atoms with E-state index in [0.29, 0.717) is 32.6 Å². The number of carbonyl (C=O) groups is 2. The third-order valence-corrected chi connectivity index (χ3v) is 4.57. The largest absolute Gasteiger partial charge is 0.478 e. The summed E-state index contributed by atoms with van der Waals surface area (Å²) in [5, 5.41) is 32.7. The van der Waals surface area contributed by atoms with Crippen LogP contribution >= 0.6 is 23.2 Å². The van der Waals surface area contributed by atoms with Gasteiger partial charge in [-0.2, -0.15) is 9.59 Å². The monoisotopic (exact) mass is 490 g/mol. The van der Waals surface area contributed by atoms with Gasteiger partial charge in [0.25, 0.3) is 0 Å². The predicted octanol–water partition coefficient (Wildman–Crippen LogP) is 2.55. The second kappa shape index (κ2) is 10.1. The molecule has 2 aromatic heterocycles. The first-order chi connectivity index (χ1) is 15.7. The zero-order chi connectivity index (χ0) is 24.1. The lowest BCUT2D eigenvalue weighted by molar-refractivity contribution is 0.0600. The Morgan fingerprint density at radius 1 is 0.848 bits per heavy atom. The Morgan fingerprint density at radius 3 is 1.70 bits per heavy atom. The summed E-state index contributed by atoms with van der Waals surface area (Å²) < 4.78 is 4.68. The van der Waals surface area contributed by atoms with Gasteiger partial charge in [-0.1, -0.05) is 23.2 Å². The molecular weight excluding hydrogens is 475 g/mol. The van der Waals surface area contributed by atoms with Crippen molar-refractivity contribution in [2.75, 3.05) is 7.11 Å². The molecule has 2 aromatic carbocycles. The Balaban J connectivity index is 0.000000186. The lowest BCUT2D eigenvalue weighted by Crippen LogP contribution is -2.04. The minimum Gasteiger partial charge on any atom is -0.478 e.